The maximum atomic E-state index is 13.2. The topological polar surface area (TPSA) is 39.2 Å². The van der Waals surface area contributed by atoms with Gasteiger partial charge in [0.05, 0.1) is 16.6 Å². The molecule has 1 spiro atoms. The summed E-state index contributed by atoms with van der Waals surface area (Å²) in [5.74, 6) is 1.20. The summed E-state index contributed by atoms with van der Waals surface area (Å²) in [6.45, 7) is 4.90. The van der Waals surface area contributed by atoms with E-state index < -0.39 is 5.41 Å². The van der Waals surface area contributed by atoms with Gasteiger partial charge in [-0.25, -0.2) is 4.98 Å². The van der Waals surface area contributed by atoms with Gasteiger partial charge in [-0.1, -0.05) is 37.6 Å². The summed E-state index contributed by atoms with van der Waals surface area (Å²) in [5, 5.41) is 0. The van der Waals surface area contributed by atoms with Gasteiger partial charge in [0, 0.05) is 28.9 Å². The second-order valence-electron chi connectivity index (χ2n) is 7.91. The van der Waals surface area contributed by atoms with E-state index in [4.69, 9.17) is 4.74 Å². The van der Waals surface area contributed by atoms with Crippen molar-refractivity contribution in [2.24, 2.45) is 5.41 Å². The number of Topliss-reactive ketones (excluding diaryl/α,β-unsaturated/α-hetero) is 1. The van der Waals surface area contributed by atoms with Crippen LogP contribution in [0.1, 0.15) is 42.8 Å². The molecular formula is C20H19NO2S. The lowest BCUT2D eigenvalue weighted by atomic mass is 9.60. The van der Waals surface area contributed by atoms with Gasteiger partial charge < -0.3 is 4.74 Å². The fourth-order valence-corrected chi connectivity index (χ4v) is 5.82. The van der Waals surface area contributed by atoms with Crippen molar-refractivity contribution in [3.8, 4) is 5.75 Å². The van der Waals surface area contributed by atoms with Crippen molar-refractivity contribution in [1.82, 2.24) is 4.98 Å². The van der Waals surface area contributed by atoms with E-state index in [2.05, 4.69) is 24.9 Å². The van der Waals surface area contributed by atoms with Crippen LogP contribution in [0.15, 0.2) is 40.9 Å². The summed E-state index contributed by atoms with van der Waals surface area (Å²) in [6, 6.07) is 8.17. The van der Waals surface area contributed by atoms with E-state index in [1.54, 1.807) is 11.3 Å². The Morgan fingerprint density at radius 3 is 2.92 bits per heavy atom. The molecule has 2 aliphatic carbocycles. The predicted molar refractivity (Wildman–Crippen MR) is 93.6 cm³/mol. The Labute approximate surface area is 145 Å². The highest BCUT2D eigenvalue weighted by molar-refractivity contribution is 7.10. The number of fused-ring (bicyclic) bond motifs is 5. The van der Waals surface area contributed by atoms with Gasteiger partial charge in [-0.05, 0) is 17.9 Å². The Kier molecular flexibility index (Phi) is 2.74. The average Bonchev–Trinajstić information content (AvgIpc) is 3.12. The molecule has 1 aromatic carbocycles. The Bertz CT molecular complexity index is 908. The molecule has 24 heavy (non-hydrogen) atoms. The Morgan fingerprint density at radius 1 is 1.21 bits per heavy atom. The van der Waals surface area contributed by atoms with Crippen LogP contribution in [0, 0.1) is 5.41 Å². The number of para-hydroxylation sites is 1. The number of allylic oxidation sites excluding steroid dienone is 1. The van der Waals surface area contributed by atoms with Crippen molar-refractivity contribution in [2.45, 2.75) is 38.5 Å². The SMILES string of the molecule is CC1(C)CC(=O)C2=C(Cc3ncsc3C23COc2ccccc23)C1. The molecular weight excluding hydrogens is 318 g/mol. The molecule has 4 heteroatoms. The smallest absolute Gasteiger partial charge is 0.160 e. The summed E-state index contributed by atoms with van der Waals surface area (Å²) in [7, 11) is 0. The van der Waals surface area contributed by atoms with E-state index in [-0.39, 0.29) is 5.41 Å². The van der Waals surface area contributed by atoms with Crippen LogP contribution in [0.4, 0.5) is 0 Å². The van der Waals surface area contributed by atoms with Crippen LogP contribution in [0.25, 0.3) is 0 Å². The Hall–Kier alpha value is -1.94. The number of carbonyl (C=O) groups excluding carboxylic acids is 1. The number of hydrogen-bond donors (Lipinski definition) is 0. The lowest BCUT2D eigenvalue weighted by Crippen LogP contribution is -2.43. The zero-order valence-electron chi connectivity index (χ0n) is 13.9. The third-order valence-electron chi connectivity index (χ3n) is 5.59. The summed E-state index contributed by atoms with van der Waals surface area (Å²) in [6.07, 6.45) is 2.39. The highest BCUT2D eigenvalue weighted by Crippen LogP contribution is 2.57. The molecule has 0 amide bonds. The van der Waals surface area contributed by atoms with Crippen molar-refractivity contribution in [1.29, 1.82) is 0 Å². The third-order valence-corrected chi connectivity index (χ3v) is 6.62. The van der Waals surface area contributed by atoms with E-state index >= 15 is 0 Å². The maximum absolute atomic E-state index is 13.2. The van der Waals surface area contributed by atoms with Gasteiger partial charge in [-0.15, -0.1) is 11.3 Å². The van der Waals surface area contributed by atoms with E-state index in [1.165, 1.54) is 10.5 Å². The molecule has 0 bridgehead atoms. The van der Waals surface area contributed by atoms with E-state index in [9.17, 15) is 4.79 Å². The number of aromatic nitrogens is 1. The minimum Gasteiger partial charge on any atom is -0.492 e. The number of rotatable bonds is 0. The number of benzene rings is 1. The van der Waals surface area contributed by atoms with Crippen molar-refractivity contribution in [3.05, 3.63) is 57.1 Å². The molecule has 0 fully saturated rings. The molecule has 2 aromatic rings. The van der Waals surface area contributed by atoms with Crippen LogP contribution in [0.2, 0.25) is 0 Å². The molecule has 1 atom stereocenters. The van der Waals surface area contributed by atoms with Crippen molar-refractivity contribution < 1.29 is 9.53 Å². The molecule has 0 N–H and O–H groups in total. The van der Waals surface area contributed by atoms with Gasteiger partial charge in [-0.2, -0.15) is 0 Å². The number of nitrogens with zero attached hydrogens (tertiary/aromatic N) is 1. The molecule has 3 aliphatic rings. The zero-order chi connectivity index (χ0) is 16.5. The molecule has 5 rings (SSSR count). The molecule has 0 saturated heterocycles. The second-order valence-corrected chi connectivity index (χ2v) is 8.77. The first-order valence-electron chi connectivity index (χ1n) is 8.42. The Morgan fingerprint density at radius 2 is 2.04 bits per heavy atom. The van der Waals surface area contributed by atoms with Crippen LogP contribution < -0.4 is 4.74 Å². The van der Waals surface area contributed by atoms with Gasteiger partial charge in [0.1, 0.15) is 12.4 Å². The molecule has 1 aliphatic heterocycles. The largest absolute Gasteiger partial charge is 0.492 e. The lowest BCUT2D eigenvalue weighted by molar-refractivity contribution is -0.118. The van der Waals surface area contributed by atoms with Crippen LogP contribution in [-0.2, 0) is 16.6 Å². The number of ketones is 1. The van der Waals surface area contributed by atoms with Crippen LogP contribution in [0.3, 0.4) is 0 Å². The Balaban J connectivity index is 1.83. The molecule has 122 valence electrons. The van der Waals surface area contributed by atoms with E-state index in [0.717, 1.165) is 35.4 Å². The highest BCUT2D eigenvalue weighted by atomic mass is 32.1. The summed E-state index contributed by atoms with van der Waals surface area (Å²) in [4.78, 5) is 19.1. The second kappa shape index (κ2) is 4.57. The molecule has 2 heterocycles. The van der Waals surface area contributed by atoms with Crippen LogP contribution in [0.5, 0.6) is 5.75 Å². The quantitative estimate of drug-likeness (QED) is 0.727. The fraction of sp³-hybridized carbons (Fsp3) is 0.400. The summed E-state index contributed by atoms with van der Waals surface area (Å²) in [5.41, 5.74) is 6.05. The number of carbonyl (C=O) groups is 1. The van der Waals surface area contributed by atoms with Crippen LogP contribution >= 0.6 is 11.3 Å². The zero-order valence-corrected chi connectivity index (χ0v) is 14.7. The molecule has 0 saturated carbocycles. The third kappa shape index (κ3) is 1.72. The first kappa shape index (κ1) is 14.4. The minimum atomic E-state index is -0.436. The number of hydrogen-bond acceptors (Lipinski definition) is 4. The molecule has 1 aromatic heterocycles. The first-order valence-corrected chi connectivity index (χ1v) is 9.30. The molecule has 3 nitrogen and oxygen atoms in total. The van der Waals surface area contributed by atoms with Gasteiger partial charge in [0.15, 0.2) is 5.78 Å². The van der Waals surface area contributed by atoms with Crippen molar-refractivity contribution in [2.75, 3.05) is 6.61 Å². The van der Waals surface area contributed by atoms with Gasteiger partial charge >= 0.3 is 0 Å². The van der Waals surface area contributed by atoms with E-state index in [1.807, 2.05) is 23.7 Å². The fourth-order valence-electron chi connectivity index (χ4n) is 4.80. The van der Waals surface area contributed by atoms with Gasteiger partial charge in [0.25, 0.3) is 0 Å². The normalized spacial score (nSPS) is 26.8. The van der Waals surface area contributed by atoms with Crippen LogP contribution in [-0.4, -0.2) is 17.4 Å². The standard InChI is InChI=1S/C20H19NO2S/c1-19(2)8-12-7-14-18(24-11-21-14)20(17(12)15(22)9-19)10-23-16-6-4-3-5-13(16)20/h3-6,11H,7-10H2,1-2H3. The van der Waals surface area contributed by atoms with Crippen molar-refractivity contribution in [3.63, 3.8) is 0 Å². The van der Waals surface area contributed by atoms with Crippen molar-refractivity contribution >= 4 is 17.1 Å². The minimum absolute atomic E-state index is 0.0314. The van der Waals surface area contributed by atoms with Gasteiger partial charge in [0.2, 0.25) is 0 Å². The summed E-state index contributed by atoms with van der Waals surface area (Å²) >= 11 is 1.67. The summed E-state index contributed by atoms with van der Waals surface area (Å²) < 4.78 is 6.06. The first-order chi connectivity index (χ1) is 11.5. The van der Waals surface area contributed by atoms with E-state index in [0.29, 0.717) is 18.8 Å². The predicted octanol–water partition coefficient (Wildman–Crippen LogP) is 4.06. The molecule has 0 radical (unpaired) electrons. The number of ether oxygens (including phenoxy) is 1. The lowest BCUT2D eigenvalue weighted by Gasteiger charge is -2.42. The number of thiazole rings is 1. The van der Waals surface area contributed by atoms with Gasteiger partial charge in [-0.3, -0.25) is 4.79 Å². The highest BCUT2D eigenvalue weighted by Gasteiger charge is 2.54. The molecule has 1 unspecified atom stereocenters. The maximum Gasteiger partial charge on any atom is 0.160 e. The average molecular weight is 337 g/mol. The monoisotopic (exact) mass is 337 g/mol.